The van der Waals surface area contributed by atoms with E-state index in [1.54, 1.807) is 0 Å². The summed E-state index contributed by atoms with van der Waals surface area (Å²) in [5.74, 6) is 0.184. The molecule has 26 heavy (non-hydrogen) atoms. The van der Waals surface area contributed by atoms with E-state index in [0.29, 0.717) is 12.5 Å². The van der Waals surface area contributed by atoms with Gasteiger partial charge in [-0.25, -0.2) is 9.18 Å². The number of aromatic nitrogens is 1. The molecule has 1 N–H and O–H groups in total. The number of amides is 2. The summed E-state index contributed by atoms with van der Waals surface area (Å²) in [4.78, 5) is 15.0. The van der Waals surface area contributed by atoms with Gasteiger partial charge in [-0.05, 0) is 55.5 Å². The highest BCUT2D eigenvalue weighted by Crippen LogP contribution is 2.36. The summed E-state index contributed by atoms with van der Waals surface area (Å²) < 4.78 is 15.6. The quantitative estimate of drug-likeness (QED) is 0.855. The zero-order valence-electron chi connectivity index (χ0n) is 15.2. The van der Waals surface area contributed by atoms with Gasteiger partial charge < -0.3 is 14.8 Å². The molecule has 1 aromatic heterocycles. The smallest absolute Gasteiger partial charge is 0.318 e. The van der Waals surface area contributed by atoms with Crippen molar-refractivity contribution in [3.63, 3.8) is 0 Å². The summed E-state index contributed by atoms with van der Waals surface area (Å²) in [5, 5.41) is 3.27. The van der Waals surface area contributed by atoms with Gasteiger partial charge in [0, 0.05) is 25.0 Å². The second kappa shape index (κ2) is 7.14. The van der Waals surface area contributed by atoms with Gasteiger partial charge in [0.2, 0.25) is 0 Å². The van der Waals surface area contributed by atoms with Crippen molar-refractivity contribution in [1.29, 1.82) is 0 Å². The number of hydrogen-bond acceptors (Lipinski definition) is 1. The van der Waals surface area contributed by atoms with Crippen LogP contribution in [0.4, 0.5) is 9.18 Å². The number of carbonyl (C=O) groups is 1. The maximum atomic E-state index is 13.3. The Morgan fingerprint density at radius 3 is 2.62 bits per heavy atom. The van der Waals surface area contributed by atoms with Crippen LogP contribution in [0.5, 0.6) is 0 Å². The number of nitrogens with zero attached hydrogens (tertiary/aromatic N) is 2. The van der Waals surface area contributed by atoms with Crippen molar-refractivity contribution in [2.75, 3.05) is 6.54 Å². The first kappa shape index (κ1) is 17.1. The lowest BCUT2D eigenvalue weighted by Gasteiger charge is -2.37. The normalized spacial score (nSPS) is 21.5. The van der Waals surface area contributed by atoms with Crippen LogP contribution in [0.1, 0.15) is 55.9 Å². The van der Waals surface area contributed by atoms with Crippen LogP contribution in [0, 0.1) is 11.7 Å². The van der Waals surface area contributed by atoms with Crippen molar-refractivity contribution < 1.29 is 9.18 Å². The minimum atomic E-state index is -0.240. The highest BCUT2D eigenvalue weighted by molar-refractivity contribution is 5.75. The molecule has 0 bridgehead atoms. The van der Waals surface area contributed by atoms with E-state index in [-0.39, 0.29) is 23.9 Å². The lowest BCUT2D eigenvalue weighted by atomic mass is 9.91. The molecule has 1 aliphatic carbocycles. The molecule has 1 fully saturated rings. The monoisotopic (exact) mass is 355 g/mol. The molecule has 0 radical (unpaired) electrons. The highest BCUT2D eigenvalue weighted by atomic mass is 19.1. The van der Waals surface area contributed by atoms with E-state index in [2.05, 4.69) is 29.1 Å². The summed E-state index contributed by atoms with van der Waals surface area (Å²) in [6.45, 7) is 3.60. The van der Waals surface area contributed by atoms with E-state index in [1.165, 1.54) is 30.7 Å². The third-order valence-corrected chi connectivity index (χ3v) is 5.98. The molecular formula is C21H26FN3O. The van der Waals surface area contributed by atoms with E-state index in [4.69, 9.17) is 0 Å². The van der Waals surface area contributed by atoms with E-state index >= 15 is 0 Å². The van der Waals surface area contributed by atoms with E-state index < -0.39 is 0 Å². The number of carbonyl (C=O) groups excluding carboxylic acids is 1. The maximum Gasteiger partial charge on any atom is 0.318 e. The van der Waals surface area contributed by atoms with Crippen molar-refractivity contribution in [3.05, 3.63) is 59.7 Å². The Hall–Kier alpha value is -2.30. The van der Waals surface area contributed by atoms with Crippen LogP contribution in [0.2, 0.25) is 0 Å². The fourth-order valence-corrected chi connectivity index (χ4v) is 4.51. The van der Waals surface area contributed by atoms with Crippen molar-refractivity contribution in [1.82, 2.24) is 14.8 Å². The Morgan fingerprint density at radius 1 is 1.15 bits per heavy atom. The Bertz CT molecular complexity index is 764. The molecule has 2 unspecified atom stereocenters. The van der Waals surface area contributed by atoms with Gasteiger partial charge >= 0.3 is 6.03 Å². The first-order valence-corrected chi connectivity index (χ1v) is 9.61. The third-order valence-electron chi connectivity index (χ3n) is 5.98. The van der Waals surface area contributed by atoms with Crippen molar-refractivity contribution in [2.24, 2.45) is 5.92 Å². The number of urea groups is 1. The molecule has 4 nitrogen and oxygen atoms in total. The molecule has 0 spiro atoms. The second-order valence-corrected chi connectivity index (χ2v) is 7.52. The number of nitrogens with one attached hydrogen (secondary N) is 1. The molecule has 2 amide bonds. The maximum absolute atomic E-state index is 13.3. The van der Waals surface area contributed by atoms with Gasteiger partial charge in [0.1, 0.15) is 5.82 Å². The van der Waals surface area contributed by atoms with Gasteiger partial charge in [0.15, 0.2) is 0 Å². The number of benzene rings is 1. The fraction of sp³-hybridized carbons (Fsp3) is 0.476. The van der Waals surface area contributed by atoms with Crippen LogP contribution in [-0.4, -0.2) is 22.0 Å². The zero-order valence-corrected chi connectivity index (χ0v) is 15.2. The lowest BCUT2D eigenvalue weighted by Crippen LogP contribution is -2.47. The molecular weight excluding hydrogens is 329 g/mol. The van der Waals surface area contributed by atoms with E-state index in [9.17, 15) is 9.18 Å². The largest absolute Gasteiger partial charge is 0.348 e. The molecule has 2 atom stereocenters. The number of rotatable bonds is 3. The predicted molar refractivity (Wildman–Crippen MR) is 99.2 cm³/mol. The van der Waals surface area contributed by atoms with Crippen LogP contribution in [0.3, 0.4) is 0 Å². The van der Waals surface area contributed by atoms with Gasteiger partial charge in [-0.3, -0.25) is 0 Å². The number of fused-ring (bicyclic) bond motifs is 1. The lowest BCUT2D eigenvalue weighted by molar-refractivity contribution is 0.155. The van der Waals surface area contributed by atoms with Gasteiger partial charge in [0.25, 0.3) is 0 Å². The molecule has 4 rings (SSSR count). The average molecular weight is 355 g/mol. The summed E-state index contributed by atoms with van der Waals surface area (Å²) in [7, 11) is 0. The van der Waals surface area contributed by atoms with E-state index in [0.717, 1.165) is 24.9 Å². The molecule has 1 aliphatic heterocycles. The molecule has 0 saturated heterocycles. The number of halogens is 1. The van der Waals surface area contributed by atoms with Crippen LogP contribution >= 0.6 is 0 Å². The molecule has 5 heteroatoms. The van der Waals surface area contributed by atoms with Gasteiger partial charge in [-0.1, -0.05) is 25.0 Å². The second-order valence-electron chi connectivity index (χ2n) is 7.52. The Morgan fingerprint density at radius 2 is 1.88 bits per heavy atom. The molecule has 2 aliphatic rings. The summed E-state index contributed by atoms with van der Waals surface area (Å²) in [5.41, 5.74) is 2.17. The number of hydrogen-bond donors (Lipinski definition) is 1. The Kier molecular flexibility index (Phi) is 4.70. The zero-order chi connectivity index (χ0) is 18.1. The van der Waals surface area contributed by atoms with Gasteiger partial charge in [-0.2, -0.15) is 0 Å². The first-order valence-electron chi connectivity index (χ1n) is 9.61. The molecule has 138 valence electrons. The minimum Gasteiger partial charge on any atom is -0.348 e. The molecule has 2 heterocycles. The molecule has 2 aromatic rings. The Labute approximate surface area is 154 Å². The molecule has 1 saturated carbocycles. The van der Waals surface area contributed by atoms with Crippen LogP contribution in [0.15, 0.2) is 42.6 Å². The minimum absolute atomic E-state index is 0.0221. The highest BCUT2D eigenvalue weighted by Gasteiger charge is 2.32. The Balaban J connectivity index is 1.53. The SMILES string of the molecule is CC1c2cccn2CCN1C(=O)NC(c1ccc(F)cc1)C1CCCC1. The van der Waals surface area contributed by atoms with Gasteiger partial charge in [-0.15, -0.1) is 0 Å². The first-order chi connectivity index (χ1) is 12.6. The van der Waals surface area contributed by atoms with Crippen molar-refractivity contribution >= 4 is 6.03 Å². The fourth-order valence-electron chi connectivity index (χ4n) is 4.51. The summed E-state index contributed by atoms with van der Waals surface area (Å²) in [6.07, 6.45) is 6.69. The summed E-state index contributed by atoms with van der Waals surface area (Å²) in [6, 6.07) is 10.7. The predicted octanol–water partition coefficient (Wildman–Crippen LogP) is 4.64. The molecule has 1 aromatic carbocycles. The van der Waals surface area contributed by atoms with E-state index in [1.807, 2.05) is 23.1 Å². The van der Waals surface area contributed by atoms with Crippen LogP contribution in [0.25, 0.3) is 0 Å². The standard InChI is InChI=1S/C21H26FN3O/c1-15-19-7-4-12-24(19)13-14-25(15)21(26)23-20(16-5-2-3-6-16)17-8-10-18(22)11-9-17/h4,7-12,15-16,20H,2-3,5-6,13-14H2,1H3,(H,23,26). The van der Waals surface area contributed by atoms with Gasteiger partial charge in [0.05, 0.1) is 12.1 Å². The third kappa shape index (κ3) is 3.22. The van der Waals surface area contributed by atoms with Crippen LogP contribution in [-0.2, 0) is 6.54 Å². The van der Waals surface area contributed by atoms with Crippen molar-refractivity contribution in [3.8, 4) is 0 Å². The average Bonchev–Trinajstić information content (AvgIpc) is 3.33. The van der Waals surface area contributed by atoms with Crippen LogP contribution < -0.4 is 5.32 Å². The topological polar surface area (TPSA) is 37.3 Å². The summed E-state index contributed by atoms with van der Waals surface area (Å²) >= 11 is 0. The van der Waals surface area contributed by atoms with Crippen molar-refractivity contribution in [2.45, 2.75) is 51.2 Å².